The molecule has 1 aliphatic heterocycles. The van der Waals surface area contributed by atoms with Gasteiger partial charge in [-0.2, -0.15) is 4.31 Å². The molecule has 3 fully saturated rings. The van der Waals surface area contributed by atoms with Gasteiger partial charge in [0.2, 0.25) is 10.0 Å². The van der Waals surface area contributed by atoms with E-state index in [4.69, 9.17) is 0 Å². The molecule has 0 amide bonds. The summed E-state index contributed by atoms with van der Waals surface area (Å²) < 4.78 is 43.7. The fraction of sp³-hybridized carbons (Fsp3) is 0.579. The SMILES string of the molecule is O=S(=O)(c1cccc(F)c1)N1CC(c2nncn2C2CC2)C2(CCCC2)C1. The lowest BCUT2D eigenvalue weighted by atomic mass is 9.76. The summed E-state index contributed by atoms with van der Waals surface area (Å²) in [4.78, 5) is 0.0277. The second kappa shape index (κ2) is 6.10. The normalized spacial score (nSPS) is 25.4. The molecule has 6 nitrogen and oxygen atoms in total. The van der Waals surface area contributed by atoms with Crippen LogP contribution in [-0.2, 0) is 10.0 Å². The van der Waals surface area contributed by atoms with Crippen molar-refractivity contribution in [1.29, 1.82) is 0 Å². The van der Waals surface area contributed by atoms with Crippen molar-refractivity contribution in [3.8, 4) is 0 Å². The molecule has 0 N–H and O–H groups in total. The Morgan fingerprint density at radius 3 is 2.67 bits per heavy atom. The number of nitrogens with zero attached hydrogens (tertiary/aromatic N) is 4. The summed E-state index contributed by atoms with van der Waals surface area (Å²) in [6.45, 7) is 0.873. The summed E-state index contributed by atoms with van der Waals surface area (Å²) >= 11 is 0. The first-order valence-corrected chi connectivity index (χ1v) is 11.1. The van der Waals surface area contributed by atoms with E-state index in [9.17, 15) is 12.8 Å². The Labute approximate surface area is 158 Å². The van der Waals surface area contributed by atoms with Crippen LogP contribution in [0.15, 0.2) is 35.5 Å². The minimum atomic E-state index is -3.73. The molecule has 0 radical (unpaired) electrons. The molecule has 2 heterocycles. The van der Waals surface area contributed by atoms with E-state index in [1.807, 2.05) is 0 Å². The molecule has 1 unspecified atom stereocenters. The number of halogens is 1. The molecule has 1 aromatic heterocycles. The van der Waals surface area contributed by atoms with Crippen molar-refractivity contribution >= 4 is 10.0 Å². The van der Waals surface area contributed by atoms with Crippen molar-refractivity contribution in [3.05, 3.63) is 42.2 Å². The zero-order chi connectivity index (χ0) is 18.6. The monoisotopic (exact) mass is 390 g/mol. The highest BCUT2D eigenvalue weighted by Gasteiger charge is 2.53. The van der Waals surface area contributed by atoms with Gasteiger partial charge in [-0.3, -0.25) is 0 Å². The zero-order valence-electron chi connectivity index (χ0n) is 15.1. The molecule has 8 heteroatoms. The van der Waals surface area contributed by atoms with Crippen LogP contribution in [0.3, 0.4) is 0 Å². The molecule has 1 aromatic carbocycles. The first-order valence-electron chi connectivity index (χ1n) is 9.65. The van der Waals surface area contributed by atoms with E-state index in [0.717, 1.165) is 50.4 Å². The lowest BCUT2D eigenvalue weighted by Crippen LogP contribution is -2.31. The van der Waals surface area contributed by atoms with Crippen molar-refractivity contribution in [2.24, 2.45) is 5.41 Å². The zero-order valence-corrected chi connectivity index (χ0v) is 15.9. The summed E-state index contributed by atoms with van der Waals surface area (Å²) in [5, 5.41) is 8.55. The van der Waals surface area contributed by atoms with E-state index in [-0.39, 0.29) is 16.2 Å². The number of hydrogen-bond acceptors (Lipinski definition) is 4. The van der Waals surface area contributed by atoms with Crippen LogP contribution in [0.5, 0.6) is 0 Å². The molecular weight excluding hydrogens is 367 g/mol. The molecule has 1 saturated heterocycles. The predicted octanol–water partition coefficient (Wildman–Crippen LogP) is 3.10. The van der Waals surface area contributed by atoms with Gasteiger partial charge in [0.25, 0.3) is 0 Å². The van der Waals surface area contributed by atoms with E-state index in [0.29, 0.717) is 19.1 Å². The van der Waals surface area contributed by atoms with E-state index in [1.54, 1.807) is 10.6 Å². The van der Waals surface area contributed by atoms with Gasteiger partial charge in [-0.1, -0.05) is 18.9 Å². The smallest absolute Gasteiger partial charge is 0.243 e. The highest BCUT2D eigenvalue weighted by molar-refractivity contribution is 7.89. The Morgan fingerprint density at radius 2 is 1.96 bits per heavy atom. The summed E-state index contributed by atoms with van der Waals surface area (Å²) in [5.74, 6) is 0.443. The molecule has 5 rings (SSSR count). The topological polar surface area (TPSA) is 68.1 Å². The first kappa shape index (κ1) is 17.3. The van der Waals surface area contributed by atoms with Crippen molar-refractivity contribution in [2.45, 2.75) is 55.4 Å². The Kier molecular flexibility index (Phi) is 3.91. The van der Waals surface area contributed by atoms with Crippen LogP contribution >= 0.6 is 0 Å². The van der Waals surface area contributed by atoms with Crippen LogP contribution in [-0.4, -0.2) is 40.6 Å². The average Bonchev–Trinajstić information content (AvgIpc) is 3.08. The number of benzene rings is 1. The molecule has 2 aromatic rings. The third-order valence-electron chi connectivity index (χ3n) is 6.50. The van der Waals surface area contributed by atoms with Crippen molar-refractivity contribution in [3.63, 3.8) is 0 Å². The molecular formula is C19H23FN4O2S. The highest BCUT2D eigenvalue weighted by Crippen LogP contribution is 2.54. The van der Waals surface area contributed by atoms with Gasteiger partial charge in [0.05, 0.1) is 4.90 Å². The van der Waals surface area contributed by atoms with Crippen LogP contribution in [0.2, 0.25) is 0 Å². The maximum Gasteiger partial charge on any atom is 0.243 e. The van der Waals surface area contributed by atoms with Crippen molar-refractivity contribution in [2.75, 3.05) is 13.1 Å². The average molecular weight is 390 g/mol. The predicted molar refractivity (Wildman–Crippen MR) is 97.1 cm³/mol. The number of hydrogen-bond donors (Lipinski definition) is 0. The lowest BCUT2D eigenvalue weighted by molar-refractivity contribution is 0.272. The first-order chi connectivity index (χ1) is 13.0. The standard InChI is InChI=1S/C19H23FN4O2S/c20-14-4-3-5-16(10-14)27(25,26)23-11-17(19(12-23)8-1-2-9-19)18-22-21-13-24(18)15-6-7-15/h3-5,10,13,15,17H,1-2,6-9,11-12H2. The van der Waals surface area contributed by atoms with E-state index in [1.165, 1.54) is 18.2 Å². The quantitative estimate of drug-likeness (QED) is 0.805. The van der Waals surface area contributed by atoms with Gasteiger partial charge in [-0.05, 0) is 49.3 Å². The van der Waals surface area contributed by atoms with Gasteiger partial charge in [0.1, 0.15) is 18.0 Å². The lowest BCUT2D eigenvalue weighted by Gasteiger charge is -2.29. The fourth-order valence-corrected chi connectivity index (χ4v) is 6.54. The van der Waals surface area contributed by atoms with Crippen LogP contribution in [0.1, 0.15) is 56.3 Å². The van der Waals surface area contributed by atoms with Gasteiger partial charge in [-0.15, -0.1) is 10.2 Å². The van der Waals surface area contributed by atoms with E-state index in [2.05, 4.69) is 14.8 Å². The molecule has 2 aliphatic carbocycles. The van der Waals surface area contributed by atoms with Gasteiger partial charge < -0.3 is 4.57 Å². The Hall–Kier alpha value is -1.80. The molecule has 1 atom stereocenters. The van der Waals surface area contributed by atoms with Crippen LogP contribution < -0.4 is 0 Å². The minimum Gasteiger partial charge on any atom is -0.314 e. The molecule has 3 aliphatic rings. The second-order valence-corrected chi connectivity index (χ2v) is 10.1. The summed E-state index contributed by atoms with van der Waals surface area (Å²) in [6, 6.07) is 5.76. The number of rotatable bonds is 4. The molecule has 2 saturated carbocycles. The molecule has 144 valence electrons. The Bertz CT molecular complexity index is 964. The van der Waals surface area contributed by atoms with Crippen LogP contribution in [0, 0.1) is 11.2 Å². The highest BCUT2D eigenvalue weighted by atomic mass is 32.2. The van der Waals surface area contributed by atoms with Crippen LogP contribution in [0.25, 0.3) is 0 Å². The molecule has 0 bridgehead atoms. The third-order valence-corrected chi connectivity index (χ3v) is 8.31. The molecule has 1 spiro atoms. The number of sulfonamides is 1. The largest absolute Gasteiger partial charge is 0.314 e. The fourth-order valence-electron chi connectivity index (χ4n) is 4.96. The summed E-state index contributed by atoms with van der Waals surface area (Å²) in [7, 11) is -3.73. The number of aromatic nitrogens is 3. The summed E-state index contributed by atoms with van der Waals surface area (Å²) in [6.07, 6.45) is 8.30. The van der Waals surface area contributed by atoms with E-state index >= 15 is 0 Å². The maximum atomic E-state index is 13.6. The van der Waals surface area contributed by atoms with Gasteiger partial charge in [0.15, 0.2) is 0 Å². The van der Waals surface area contributed by atoms with Crippen molar-refractivity contribution in [1.82, 2.24) is 19.1 Å². The third kappa shape index (κ3) is 2.81. The summed E-state index contributed by atoms with van der Waals surface area (Å²) in [5.41, 5.74) is -0.0833. The Balaban J connectivity index is 1.52. The van der Waals surface area contributed by atoms with Crippen molar-refractivity contribution < 1.29 is 12.8 Å². The van der Waals surface area contributed by atoms with E-state index < -0.39 is 15.8 Å². The maximum absolute atomic E-state index is 13.6. The van der Waals surface area contributed by atoms with Gasteiger partial charge in [-0.25, -0.2) is 12.8 Å². The second-order valence-electron chi connectivity index (χ2n) is 8.20. The minimum absolute atomic E-state index is 0.0277. The molecule has 27 heavy (non-hydrogen) atoms. The van der Waals surface area contributed by atoms with Gasteiger partial charge in [0, 0.05) is 25.0 Å². The Morgan fingerprint density at radius 1 is 1.19 bits per heavy atom. The van der Waals surface area contributed by atoms with Crippen LogP contribution in [0.4, 0.5) is 4.39 Å². The van der Waals surface area contributed by atoms with Gasteiger partial charge >= 0.3 is 0 Å².